The van der Waals surface area contributed by atoms with Crippen LogP contribution in [0.2, 0.25) is 0 Å². The second kappa shape index (κ2) is 7.83. The molecule has 0 saturated heterocycles. The molecule has 0 spiro atoms. The van der Waals surface area contributed by atoms with Crippen LogP contribution in [0, 0.1) is 0 Å². The van der Waals surface area contributed by atoms with Gasteiger partial charge < -0.3 is 4.90 Å². The number of carbonyl (C=O) groups excluding carboxylic acids is 2. The highest BCUT2D eigenvalue weighted by molar-refractivity contribution is 6.07. The number of rotatable bonds is 7. The summed E-state index contributed by atoms with van der Waals surface area (Å²) in [6.07, 6.45) is 3.46. The predicted octanol–water partition coefficient (Wildman–Crippen LogP) is 0.0720. The van der Waals surface area contributed by atoms with Crippen LogP contribution in [0.15, 0.2) is 43.5 Å². The molecule has 0 saturated carbocycles. The van der Waals surface area contributed by atoms with Gasteiger partial charge in [-0.1, -0.05) is 12.2 Å². The van der Waals surface area contributed by atoms with Crippen molar-refractivity contribution in [1.82, 2.24) is 10.9 Å². The average Bonchev–Trinajstić information content (AvgIpc) is 2.52. The molecule has 0 unspecified atom stereocenters. The molecular formula is C14H19N5O2. The van der Waals surface area contributed by atoms with E-state index in [9.17, 15) is 9.59 Å². The van der Waals surface area contributed by atoms with Gasteiger partial charge in [-0.05, 0) is 18.2 Å². The van der Waals surface area contributed by atoms with Gasteiger partial charge in [-0.25, -0.2) is 11.7 Å². The maximum Gasteiger partial charge on any atom is 0.266 e. The number of carbonyl (C=O) groups is 2. The molecule has 112 valence electrons. The summed E-state index contributed by atoms with van der Waals surface area (Å²) >= 11 is 0. The first-order valence-electron chi connectivity index (χ1n) is 6.21. The topological polar surface area (TPSA) is 113 Å². The molecule has 0 aliphatic heterocycles. The largest absolute Gasteiger partial charge is 0.364 e. The van der Waals surface area contributed by atoms with Crippen molar-refractivity contribution in [2.45, 2.75) is 0 Å². The van der Waals surface area contributed by atoms with Crippen LogP contribution in [0.4, 0.5) is 5.69 Å². The van der Waals surface area contributed by atoms with E-state index in [0.29, 0.717) is 13.1 Å². The van der Waals surface area contributed by atoms with Crippen LogP contribution in [0.1, 0.15) is 20.7 Å². The molecule has 1 aromatic rings. The van der Waals surface area contributed by atoms with Crippen molar-refractivity contribution < 1.29 is 9.59 Å². The summed E-state index contributed by atoms with van der Waals surface area (Å²) < 4.78 is 0. The van der Waals surface area contributed by atoms with Crippen molar-refractivity contribution in [1.29, 1.82) is 0 Å². The maximum absolute atomic E-state index is 11.8. The van der Waals surface area contributed by atoms with Gasteiger partial charge in [0.05, 0.1) is 11.1 Å². The van der Waals surface area contributed by atoms with Gasteiger partial charge in [0, 0.05) is 18.8 Å². The molecule has 0 aliphatic carbocycles. The molecule has 0 atom stereocenters. The van der Waals surface area contributed by atoms with E-state index >= 15 is 0 Å². The Labute approximate surface area is 123 Å². The van der Waals surface area contributed by atoms with Crippen molar-refractivity contribution in [2.24, 2.45) is 11.7 Å². The quantitative estimate of drug-likeness (QED) is 0.245. The summed E-state index contributed by atoms with van der Waals surface area (Å²) in [5, 5.41) is 0. The first kappa shape index (κ1) is 16.4. The summed E-state index contributed by atoms with van der Waals surface area (Å²) in [4.78, 5) is 25.4. The van der Waals surface area contributed by atoms with Crippen molar-refractivity contribution >= 4 is 17.5 Å². The Balaban J connectivity index is 3.31. The number of benzene rings is 1. The molecule has 21 heavy (non-hydrogen) atoms. The zero-order valence-corrected chi connectivity index (χ0v) is 11.6. The van der Waals surface area contributed by atoms with Gasteiger partial charge in [-0.15, -0.1) is 13.2 Å². The van der Waals surface area contributed by atoms with Crippen LogP contribution >= 0.6 is 0 Å². The second-order valence-electron chi connectivity index (χ2n) is 4.16. The van der Waals surface area contributed by atoms with E-state index in [4.69, 9.17) is 11.7 Å². The Bertz CT molecular complexity index is 546. The van der Waals surface area contributed by atoms with Gasteiger partial charge in [0.15, 0.2) is 0 Å². The third kappa shape index (κ3) is 3.91. The van der Waals surface area contributed by atoms with E-state index in [2.05, 4.69) is 13.2 Å². The van der Waals surface area contributed by atoms with Crippen LogP contribution < -0.4 is 27.4 Å². The molecule has 1 rings (SSSR count). The summed E-state index contributed by atoms with van der Waals surface area (Å²) in [5.74, 6) is 9.11. The number of hydrogen-bond acceptors (Lipinski definition) is 5. The summed E-state index contributed by atoms with van der Waals surface area (Å²) in [7, 11) is 0. The monoisotopic (exact) mass is 289 g/mol. The fourth-order valence-electron chi connectivity index (χ4n) is 1.87. The molecule has 0 radical (unpaired) electrons. The lowest BCUT2D eigenvalue weighted by molar-refractivity contribution is 0.0919. The molecule has 0 fully saturated rings. The fraction of sp³-hybridized carbons (Fsp3) is 0.143. The highest BCUT2D eigenvalue weighted by atomic mass is 16.2. The van der Waals surface area contributed by atoms with Gasteiger partial charge in [0.2, 0.25) is 0 Å². The number of hydrazine groups is 2. The summed E-state index contributed by atoms with van der Waals surface area (Å²) in [5.41, 5.74) is 5.02. The van der Waals surface area contributed by atoms with Gasteiger partial charge >= 0.3 is 0 Å². The summed E-state index contributed by atoms with van der Waals surface area (Å²) in [6, 6.07) is 4.80. The van der Waals surface area contributed by atoms with Crippen LogP contribution in [0.3, 0.4) is 0 Å². The zero-order valence-electron chi connectivity index (χ0n) is 11.6. The Kier molecular flexibility index (Phi) is 6.12. The Morgan fingerprint density at radius 2 is 1.57 bits per heavy atom. The van der Waals surface area contributed by atoms with Crippen LogP contribution in [-0.4, -0.2) is 24.9 Å². The molecule has 7 heteroatoms. The van der Waals surface area contributed by atoms with Gasteiger partial charge in [-0.3, -0.25) is 20.4 Å². The van der Waals surface area contributed by atoms with E-state index < -0.39 is 11.8 Å². The third-order valence-electron chi connectivity index (χ3n) is 2.82. The highest BCUT2D eigenvalue weighted by Crippen LogP contribution is 2.20. The Hall–Kier alpha value is -2.64. The summed E-state index contributed by atoms with van der Waals surface area (Å²) in [6.45, 7) is 8.51. The van der Waals surface area contributed by atoms with E-state index in [0.717, 1.165) is 5.69 Å². The minimum atomic E-state index is -0.576. The van der Waals surface area contributed by atoms with Gasteiger partial charge in [0.25, 0.3) is 11.8 Å². The first-order chi connectivity index (χ1) is 10.1. The maximum atomic E-state index is 11.8. The minimum Gasteiger partial charge on any atom is -0.364 e. The minimum absolute atomic E-state index is 0.135. The number of nitrogens with two attached hydrogens (primary N) is 2. The van der Waals surface area contributed by atoms with E-state index in [1.807, 2.05) is 15.8 Å². The first-order valence-corrected chi connectivity index (χ1v) is 6.21. The van der Waals surface area contributed by atoms with Crippen molar-refractivity contribution in [3.05, 3.63) is 54.6 Å². The van der Waals surface area contributed by atoms with E-state index in [1.165, 1.54) is 6.07 Å². The molecule has 0 aromatic heterocycles. The van der Waals surface area contributed by atoms with Crippen LogP contribution in [0.25, 0.3) is 0 Å². The average molecular weight is 289 g/mol. The van der Waals surface area contributed by atoms with E-state index in [-0.39, 0.29) is 11.1 Å². The standard InChI is InChI=1S/C14H19N5O2/c1-3-7-19(8-4-2)10-5-6-11(13(20)17-15)12(9-10)14(21)18-16/h3-6,9H,1-2,7-8,15-16H2,(H,17,20)(H,18,21). The zero-order chi connectivity index (χ0) is 15.8. The number of nitrogens with one attached hydrogen (secondary N) is 2. The molecular weight excluding hydrogens is 270 g/mol. The van der Waals surface area contributed by atoms with Crippen molar-refractivity contribution in [2.75, 3.05) is 18.0 Å². The number of anilines is 1. The molecule has 0 heterocycles. The molecule has 6 N–H and O–H groups in total. The predicted molar refractivity (Wildman–Crippen MR) is 82.4 cm³/mol. The fourth-order valence-corrected chi connectivity index (χ4v) is 1.87. The second-order valence-corrected chi connectivity index (χ2v) is 4.16. The molecule has 0 aliphatic rings. The normalized spacial score (nSPS) is 9.62. The van der Waals surface area contributed by atoms with Crippen molar-refractivity contribution in [3.8, 4) is 0 Å². The number of nitrogen functional groups attached to an aromatic ring is 2. The lowest BCUT2D eigenvalue weighted by Crippen LogP contribution is -2.35. The van der Waals surface area contributed by atoms with Crippen molar-refractivity contribution in [3.63, 3.8) is 0 Å². The van der Waals surface area contributed by atoms with E-state index in [1.54, 1.807) is 24.3 Å². The lowest BCUT2D eigenvalue weighted by atomic mass is 10.0. The lowest BCUT2D eigenvalue weighted by Gasteiger charge is -2.22. The highest BCUT2D eigenvalue weighted by Gasteiger charge is 2.18. The molecule has 0 bridgehead atoms. The van der Waals surface area contributed by atoms with Crippen LogP contribution in [-0.2, 0) is 0 Å². The number of nitrogens with zero attached hydrogens (tertiary/aromatic N) is 1. The third-order valence-corrected chi connectivity index (χ3v) is 2.82. The van der Waals surface area contributed by atoms with Gasteiger partial charge in [0.1, 0.15) is 0 Å². The molecule has 7 nitrogen and oxygen atoms in total. The number of amides is 2. The van der Waals surface area contributed by atoms with Crippen LogP contribution in [0.5, 0.6) is 0 Å². The SMILES string of the molecule is C=CCN(CC=C)c1ccc(C(=O)NN)c(C(=O)NN)c1. The Morgan fingerprint density at radius 1 is 1.05 bits per heavy atom. The molecule has 2 amide bonds. The van der Waals surface area contributed by atoms with Gasteiger partial charge in [-0.2, -0.15) is 0 Å². The Morgan fingerprint density at radius 3 is 2.05 bits per heavy atom. The molecule has 1 aromatic carbocycles. The number of hydrogen-bond donors (Lipinski definition) is 4. The smallest absolute Gasteiger partial charge is 0.266 e.